The van der Waals surface area contributed by atoms with Crippen molar-refractivity contribution in [2.45, 2.75) is 37.5 Å². The van der Waals surface area contributed by atoms with Crippen LogP contribution in [0.15, 0.2) is 24.3 Å². The molecule has 1 aromatic carbocycles. The third-order valence-electron chi connectivity index (χ3n) is 4.54. The van der Waals surface area contributed by atoms with Crippen LogP contribution in [0.1, 0.15) is 37.7 Å². The Hall–Kier alpha value is -0.830. The summed E-state index contributed by atoms with van der Waals surface area (Å²) in [7, 11) is 0. The molecule has 0 spiro atoms. The predicted octanol–water partition coefficient (Wildman–Crippen LogP) is 4.70. The summed E-state index contributed by atoms with van der Waals surface area (Å²) in [5.41, 5.74) is 8.16. The molecule has 20 heavy (non-hydrogen) atoms. The molecule has 106 valence electrons. The predicted molar refractivity (Wildman–Crippen MR) is 85.6 cm³/mol. The van der Waals surface area contributed by atoms with Crippen molar-refractivity contribution in [2.75, 3.05) is 6.54 Å². The molecule has 0 bridgehead atoms. The summed E-state index contributed by atoms with van der Waals surface area (Å²) in [5.74, 6) is 0. The van der Waals surface area contributed by atoms with E-state index >= 15 is 0 Å². The van der Waals surface area contributed by atoms with E-state index in [-0.39, 0.29) is 5.41 Å². The lowest BCUT2D eigenvalue weighted by Crippen LogP contribution is -2.37. The summed E-state index contributed by atoms with van der Waals surface area (Å²) in [5, 5.41) is 2.25. The lowest BCUT2D eigenvalue weighted by Gasteiger charge is -2.37. The number of pyridine rings is 1. The lowest BCUT2D eigenvalue weighted by atomic mass is 9.69. The molecular formula is C16H18Cl2N2. The smallest absolute Gasteiger partial charge is 0.129 e. The molecule has 0 atom stereocenters. The Morgan fingerprint density at radius 2 is 1.80 bits per heavy atom. The fourth-order valence-electron chi connectivity index (χ4n) is 3.36. The Bertz CT molecular complexity index is 634. The van der Waals surface area contributed by atoms with E-state index in [0.29, 0.717) is 11.7 Å². The van der Waals surface area contributed by atoms with Gasteiger partial charge < -0.3 is 5.73 Å². The molecule has 2 nitrogen and oxygen atoms in total. The topological polar surface area (TPSA) is 38.9 Å². The van der Waals surface area contributed by atoms with Crippen molar-refractivity contribution in [1.29, 1.82) is 0 Å². The number of nitrogens with zero attached hydrogens (tertiary/aromatic N) is 1. The Balaban J connectivity index is 2.16. The third kappa shape index (κ3) is 2.30. The molecule has 1 aliphatic carbocycles. The van der Waals surface area contributed by atoms with Gasteiger partial charge in [0.2, 0.25) is 0 Å². The van der Waals surface area contributed by atoms with Crippen LogP contribution in [-0.4, -0.2) is 11.5 Å². The summed E-state index contributed by atoms with van der Waals surface area (Å²) in [4.78, 5) is 4.32. The van der Waals surface area contributed by atoms with Gasteiger partial charge in [-0.15, -0.1) is 0 Å². The summed E-state index contributed by atoms with van der Waals surface area (Å²) < 4.78 is 0. The van der Waals surface area contributed by atoms with Crippen molar-refractivity contribution in [3.63, 3.8) is 0 Å². The van der Waals surface area contributed by atoms with Gasteiger partial charge in [-0.25, -0.2) is 4.98 Å². The van der Waals surface area contributed by atoms with Gasteiger partial charge in [0.25, 0.3) is 0 Å². The van der Waals surface area contributed by atoms with Crippen LogP contribution in [0.5, 0.6) is 0 Å². The summed E-state index contributed by atoms with van der Waals surface area (Å²) in [6.45, 7) is 0.652. The largest absolute Gasteiger partial charge is 0.330 e. The average Bonchev–Trinajstić information content (AvgIpc) is 2.48. The molecular weight excluding hydrogens is 291 g/mol. The average molecular weight is 309 g/mol. The molecule has 1 aliphatic rings. The van der Waals surface area contributed by atoms with Gasteiger partial charge in [0, 0.05) is 17.3 Å². The number of benzene rings is 1. The maximum Gasteiger partial charge on any atom is 0.129 e. The number of aromatic nitrogens is 1. The normalized spacial score (nSPS) is 18.4. The van der Waals surface area contributed by atoms with Gasteiger partial charge in [-0.1, -0.05) is 48.5 Å². The molecule has 0 radical (unpaired) electrons. The quantitative estimate of drug-likeness (QED) is 0.817. The van der Waals surface area contributed by atoms with Crippen molar-refractivity contribution in [3.8, 4) is 0 Å². The van der Waals surface area contributed by atoms with E-state index in [1.807, 2.05) is 12.1 Å². The van der Waals surface area contributed by atoms with Crippen molar-refractivity contribution in [2.24, 2.45) is 5.73 Å². The first kappa shape index (κ1) is 14.1. The second-order valence-corrected chi connectivity index (χ2v) is 6.44. The van der Waals surface area contributed by atoms with Crippen molar-refractivity contribution in [1.82, 2.24) is 4.98 Å². The Labute approximate surface area is 129 Å². The zero-order valence-corrected chi connectivity index (χ0v) is 12.8. The van der Waals surface area contributed by atoms with E-state index in [2.05, 4.69) is 11.1 Å². The highest BCUT2D eigenvalue weighted by molar-refractivity contribution is 6.36. The molecule has 3 rings (SSSR count). The van der Waals surface area contributed by atoms with Crippen LogP contribution in [0.3, 0.4) is 0 Å². The van der Waals surface area contributed by atoms with Gasteiger partial charge >= 0.3 is 0 Å². The highest BCUT2D eigenvalue weighted by Gasteiger charge is 2.34. The maximum absolute atomic E-state index is 6.66. The van der Waals surface area contributed by atoms with Crippen LogP contribution >= 0.6 is 23.2 Å². The van der Waals surface area contributed by atoms with E-state index < -0.39 is 0 Å². The van der Waals surface area contributed by atoms with Crippen LogP contribution in [0.25, 0.3) is 10.9 Å². The molecule has 4 heteroatoms. The second-order valence-electron chi connectivity index (χ2n) is 5.67. The maximum atomic E-state index is 6.66. The van der Waals surface area contributed by atoms with E-state index in [1.54, 1.807) is 6.07 Å². The van der Waals surface area contributed by atoms with E-state index in [1.165, 1.54) is 24.8 Å². The van der Waals surface area contributed by atoms with Gasteiger partial charge in [0.1, 0.15) is 5.15 Å². The van der Waals surface area contributed by atoms with E-state index in [0.717, 1.165) is 28.8 Å². The number of nitrogens with two attached hydrogens (primary N) is 1. The monoisotopic (exact) mass is 308 g/mol. The van der Waals surface area contributed by atoms with Crippen molar-refractivity contribution in [3.05, 3.63) is 40.0 Å². The molecule has 0 aliphatic heterocycles. The van der Waals surface area contributed by atoms with E-state index in [4.69, 9.17) is 28.9 Å². The third-order valence-corrected chi connectivity index (χ3v) is 5.16. The molecule has 1 saturated carbocycles. The number of hydrogen-bond acceptors (Lipinski definition) is 2. The van der Waals surface area contributed by atoms with Gasteiger partial charge in [-0.2, -0.15) is 0 Å². The first-order valence-corrected chi connectivity index (χ1v) is 7.87. The fraction of sp³-hybridized carbons (Fsp3) is 0.438. The number of fused-ring (bicyclic) bond motifs is 1. The van der Waals surface area contributed by atoms with Crippen LogP contribution in [0.4, 0.5) is 0 Å². The molecule has 0 amide bonds. The van der Waals surface area contributed by atoms with Gasteiger partial charge in [-0.05, 0) is 36.6 Å². The molecule has 2 N–H and O–H groups in total. The summed E-state index contributed by atoms with van der Waals surface area (Å²) in [6, 6.07) is 7.83. The summed E-state index contributed by atoms with van der Waals surface area (Å²) in [6.07, 6.45) is 5.99. The molecule has 0 saturated heterocycles. The minimum Gasteiger partial charge on any atom is -0.330 e. The Morgan fingerprint density at radius 1 is 1.05 bits per heavy atom. The van der Waals surface area contributed by atoms with Crippen LogP contribution in [0, 0.1) is 0 Å². The molecule has 1 aromatic heterocycles. The Kier molecular flexibility index (Phi) is 3.89. The van der Waals surface area contributed by atoms with Crippen molar-refractivity contribution >= 4 is 34.1 Å². The summed E-state index contributed by atoms with van der Waals surface area (Å²) >= 11 is 12.6. The minimum atomic E-state index is 0.0309. The van der Waals surface area contributed by atoms with Gasteiger partial charge in [-0.3, -0.25) is 0 Å². The molecule has 0 unspecified atom stereocenters. The lowest BCUT2D eigenvalue weighted by molar-refractivity contribution is 0.301. The number of rotatable bonds is 2. The number of hydrogen-bond donors (Lipinski definition) is 1. The van der Waals surface area contributed by atoms with Crippen LogP contribution in [0.2, 0.25) is 10.2 Å². The minimum absolute atomic E-state index is 0.0309. The highest BCUT2D eigenvalue weighted by atomic mass is 35.5. The zero-order valence-electron chi connectivity index (χ0n) is 11.3. The van der Waals surface area contributed by atoms with Gasteiger partial charge in [0.05, 0.1) is 10.5 Å². The molecule has 1 fully saturated rings. The van der Waals surface area contributed by atoms with Crippen molar-refractivity contribution < 1.29 is 0 Å². The first-order valence-electron chi connectivity index (χ1n) is 7.12. The second kappa shape index (κ2) is 5.51. The van der Waals surface area contributed by atoms with Gasteiger partial charge in [0.15, 0.2) is 0 Å². The highest BCUT2D eigenvalue weighted by Crippen LogP contribution is 2.43. The SMILES string of the molecule is NCC1(c2ccc3nc(Cl)ccc3c2Cl)CCCCC1. The number of halogens is 2. The standard InChI is InChI=1S/C16H18Cl2N2/c17-14-7-4-11-13(20-14)6-5-12(15(11)18)16(10-19)8-2-1-3-9-16/h4-7H,1-3,8-10,19H2. The first-order chi connectivity index (χ1) is 9.66. The fourth-order valence-corrected chi connectivity index (χ4v) is 3.94. The Morgan fingerprint density at radius 3 is 2.50 bits per heavy atom. The van der Waals surface area contributed by atoms with E-state index in [9.17, 15) is 0 Å². The van der Waals surface area contributed by atoms with Crippen LogP contribution < -0.4 is 5.73 Å². The zero-order chi connectivity index (χ0) is 14.2. The molecule has 1 heterocycles. The van der Waals surface area contributed by atoms with Crippen LogP contribution in [-0.2, 0) is 5.41 Å². The molecule has 2 aromatic rings.